The van der Waals surface area contributed by atoms with E-state index in [1.54, 1.807) is 48.7 Å². The minimum absolute atomic E-state index is 0.0794. The van der Waals surface area contributed by atoms with Crippen LogP contribution in [0.15, 0.2) is 73.1 Å². The first-order valence-corrected chi connectivity index (χ1v) is 8.07. The van der Waals surface area contributed by atoms with Crippen LogP contribution < -0.4 is 10.1 Å². The fraction of sp³-hybridized carbons (Fsp3) is 0. The molecular weight excluding hydrogens is 343 g/mol. The number of anilines is 1. The van der Waals surface area contributed by atoms with E-state index in [0.29, 0.717) is 22.6 Å². The molecule has 3 rings (SSSR count). The fourth-order valence-corrected chi connectivity index (χ4v) is 2.28. The smallest absolute Gasteiger partial charge is 0.248 e. The quantitative estimate of drug-likeness (QED) is 0.534. The van der Waals surface area contributed by atoms with E-state index in [0.717, 1.165) is 0 Å². The number of aromatic nitrogens is 1. The number of carbonyl (C=O) groups excluding carboxylic acids is 1. The first-order valence-electron chi connectivity index (χ1n) is 8.07. The van der Waals surface area contributed by atoms with E-state index < -0.39 is 5.82 Å². The molecule has 1 aromatic heterocycles. The summed E-state index contributed by atoms with van der Waals surface area (Å²) in [5, 5.41) is 2.70. The molecule has 3 aromatic rings. The first-order chi connectivity index (χ1) is 13.1. The number of amides is 1. The number of hydrogen-bond acceptors (Lipinski definition) is 3. The predicted molar refractivity (Wildman–Crippen MR) is 103 cm³/mol. The largest absolute Gasteiger partial charge is 0.453 e. The van der Waals surface area contributed by atoms with Gasteiger partial charge in [0.1, 0.15) is 5.75 Å². The van der Waals surface area contributed by atoms with Gasteiger partial charge in [0, 0.05) is 23.5 Å². The molecule has 0 aliphatic heterocycles. The molecule has 27 heavy (non-hydrogen) atoms. The lowest BCUT2D eigenvalue weighted by atomic mass is 10.2. The molecular formula is C22H15FN2O2. The standard InChI is InChI=1S/C22H15FN2O2/c1-2-16-5-3-6-18(13-16)25-22(26)11-9-17-8-10-21(20(23)14-17)27-19-7-4-12-24-15-19/h1,3-15H,(H,25,26)/b11-9+. The Labute approximate surface area is 156 Å². The van der Waals surface area contributed by atoms with Crippen molar-refractivity contribution in [3.05, 3.63) is 90.0 Å². The van der Waals surface area contributed by atoms with Gasteiger partial charge in [0.15, 0.2) is 11.6 Å². The van der Waals surface area contributed by atoms with Crippen molar-refractivity contribution in [3.63, 3.8) is 0 Å². The number of nitrogens with zero attached hydrogens (tertiary/aromatic N) is 1. The zero-order valence-corrected chi connectivity index (χ0v) is 14.2. The number of halogens is 1. The van der Waals surface area contributed by atoms with Crippen LogP contribution in [0.1, 0.15) is 11.1 Å². The Hall–Kier alpha value is -3.91. The Morgan fingerprint density at radius 3 is 2.81 bits per heavy atom. The van der Waals surface area contributed by atoms with Gasteiger partial charge in [0.25, 0.3) is 0 Å². The minimum atomic E-state index is -0.539. The Bertz CT molecular complexity index is 1020. The number of rotatable bonds is 5. The van der Waals surface area contributed by atoms with E-state index >= 15 is 0 Å². The van der Waals surface area contributed by atoms with Crippen LogP contribution in [0.2, 0.25) is 0 Å². The van der Waals surface area contributed by atoms with E-state index in [2.05, 4.69) is 16.2 Å². The van der Waals surface area contributed by atoms with Gasteiger partial charge in [-0.05, 0) is 54.1 Å². The second kappa shape index (κ2) is 8.45. The highest BCUT2D eigenvalue weighted by molar-refractivity contribution is 6.02. The summed E-state index contributed by atoms with van der Waals surface area (Å²) < 4.78 is 19.6. The molecule has 0 spiro atoms. The van der Waals surface area contributed by atoms with Gasteiger partial charge < -0.3 is 10.1 Å². The summed E-state index contributed by atoms with van der Waals surface area (Å²) in [7, 11) is 0. The highest BCUT2D eigenvalue weighted by Gasteiger charge is 2.06. The van der Waals surface area contributed by atoms with Gasteiger partial charge in [0.05, 0.1) is 6.20 Å². The van der Waals surface area contributed by atoms with Crippen molar-refractivity contribution >= 4 is 17.7 Å². The summed E-state index contributed by atoms with van der Waals surface area (Å²) in [6.07, 6.45) is 11.3. The van der Waals surface area contributed by atoms with Gasteiger partial charge in [-0.1, -0.05) is 18.1 Å². The fourth-order valence-electron chi connectivity index (χ4n) is 2.28. The highest BCUT2D eigenvalue weighted by Crippen LogP contribution is 2.24. The highest BCUT2D eigenvalue weighted by atomic mass is 19.1. The van der Waals surface area contributed by atoms with Crippen LogP contribution in [0.3, 0.4) is 0 Å². The van der Waals surface area contributed by atoms with Gasteiger partial charge in [-0.15, -0.1) is 6.42 Å². The molecule has 0 saturated heterocycles. The Morgan fingerprint density at radius 2 is 2.07 bits per heavy atom. The monoisotopic (exact) mass is 358 g/mol. The van der Waals surface area contributed by atoms with E-state index in [-0.39, 0.29) is 11.7 Å². The summed E-state index contributed by atoms with van der Waals surface area (Å²) in [5.74, 6) is 2.13. The third kappa shape index (κ3) is 5.03. The molecule has 0 atom stereocenters. The molecule has 1 amide bonds. The topological polar surface area (TPSA) is 51.2 Å². The maximum atomic E-state index is 14.2. The third-order valence-electron chi connectivity index (χ3n) is 3.54. The van der Waals surface area contributed by atoms with Crippen LogP contribution in [0.4, 0.5) is 10.1 Å². The maximum Gasteiger partial charge on any atom is 0.248 e. The number of benzene rings is 2. The number of carbonyl (C=O) groups is 1. The van der Waals surface area contributed by atoms with Gasteiger partial charge in [0.2, 0.25) is 5.91 Å². The van der Waals surface area contributed by atoms with Crippen molar-refractivity contribution in [2.45, 2.75) is 0 Å². The van der Waals surface area contributed by atoms with Crippen molar-refractivity contribution in [3.8, 4) is 23.8 Å². The van der Waals surface area contributed by atoms with Crippen molar-refractivity contribution in [1.29, 1.82) is 0 Å². The normalized spacial score (nSPS) is 10.4. The molecule has 0 aliphatic carbocycles. The number of terminal acetylenes is 1. The van der Waals surface area contributed by atoms with Crippen LogP contribution in [-0.4, -0.2) is 10.9 Å². The number of hydrogen-bond donors (Lipinski definition) is 1. The molecule has 5 heteroatoms. The lowest BCUT2D eigenvalue weighted by molar-refractivity contribution is -0.111. The van der Waals surface area contributed by atoms with Gasteiger partial charge in [-0.2, -0.15) is 0 Å². The third-order valence-corrected chi connectivity index (χ3v) is 3.54. The van der Waals surface area contributed by atoms with Crippen molar-refractivity contribution in [1.82, 2.24) is 4.98 Å². The summed E-state index contributed by atoms with van der Waals surface area (Å²) in [6, 6.07) is 14.8. The summed E-state index contributed by atoms with van der Waals surface area (Å²) in [4.78, 5) is 15.9. The molecule has 0 saturated carbocycles. The molecule has 0 fully saturated rings. The zero-order valence-electron chi connectivity index (χ0n) is 14.2. The van der Waals surface area contributed by atoms with E-state index in [9.17, 15) is 9.18 Å². The molecule has 132 valence electrons. The molecule has 4 nitrogen and oxygen atoms in total. The van der Waals surface area contributed by atoms with E-state index in [4.69, 9.17) is 11.2 Å². The number of ether oxygens (including phenoxy) is 1. The van der Waals surface area contributed by atoms with Crippen LogP contribution in [-0.2, 0) is 4.79 Å². The van der Waals surface area contributed by atoms with Crippen molar-refractivity contribution in [2.75, 3.05) is 5.32 Å². The molecule has 1 heterocycles. The maximum absolute atomic E-state index is 14.2. The zero-order chi connectivity index (χ0) is 19.1. The SMILES string of the molecule is C#Cc1cccc(NC(=O)/C=C/c2ccc(Oc3cccnc3)c(F)c2)c1. The van der Waals surface area contributed by atoms with Crippen LogP contribution in [0.25, 0.3) is 6.08 Å². The summed E-state index contributed by atoms with van der Waals surface area (Å²) >= 11 is 0. The van der Waals surface area contributed by atoms with E-state index in [1.807, 2.05) is 0 Å². The van der Waals surface area contributed by atoms with Crippen molar-refractivity contribution < 1.29 is 13.9 Å². The van der Waals surface area contributed by atoms with Gasteiger partial charge in [-0.3, -0.25) is 9.78 Å². The average Bonchev–Trinajstić information content (AvgIpc) is 2.69. The van der Waals surface area contributed by atoms with Gasteiger partial charge >= 0.3 is 0 Å². The van der Waals surface area contributed by atoms with E-state index in [1.165, 1.54) is 30.5 Å². The minimum Gasteiger partial charge on any atom is -0.453 e. The van der Waals surface area contributed by atoms with Crippen molar-refractivity contribution in [2.24, 2.45) is 0 Å². The molecule has 0 bridgehead atoms. The Balaban J connectivity index is 1.65. The Morgan fingerprint density at radius 1 is 1.19 bits per heavy atom. The first kappa shape index (κ1) is 17.9. The summed E-state index contributed by atoms with van der Waals surface area (Å²) in [5.41, 5.74) is 1.79. The van der Waals surface area contributed by atoms with Crippen LogP contribution in [0, 0.1) is 18.2 Å². The summed E-state index contributed by atoms with van der Waals surface area (Å²) in [6.45, 7) is 0. The predicted octanol–water partition coefficient (Wildman–Crippen LogP) is 4.65. The average molecular weight is 358 g/mol. The Kier molecular flexibility index (Phi) is 5.60. The molecule has 0 radical (unpaired) electrons. The molecule has 0 aliphatic rings. The molecule has 2 aromatic carbocycles. The van der Waals surface area contributed by atoms with Crippen LogP contribution in [0.5, 0.6) is 11.5 Å². The van der Waals surface area contributed by atoms with Crippen LogP contribution >= 0.6 is 0 Å². The van der Waals surface area contributed by atoms with Gasteiger partial charge in [-0.25, -0.2) is 4.39 Å². The molecule has 1 N–H and O–H groups in total. The number of nitrogens with one attached hydrogen (secondary N) is 1. The second-order valence-corrected chi connectivity index (χ2v) is 5.53. The lowest BCUT2D eigenvalue weighted by Gasteiger charge is -2.06. The number of pyridine rings is 1. The molecule has 0 unspecified atom stereocenters. The second-order valence-electron chi connectivity index (χ2n) is 5.53. The lowest BCUT2D eigenvalue weighted by Crippen LogP contribution is -2.07.